The molecule has 0 radical (unpaired) electrons. The van der Waals surface area contributed by atoms with E-state index in [1.807, 2.05) is 0 Å². The number of nitrogen functional groups attached to an aromatic ring is 1. The van der Waals surface area contributed by atoms with Crippen LogP contribution in [0.4, 0.5) is 11.4 Å². The van der Waals surface area contributed by atoms with Gasteiger partial charge in [-0.25, -0.2) is 12.7 Å². The average molecular weight is 317 g/mol. The number of nitro benzene ring substituents is 1. The van der Waals surface area contributed by atoms with E-state index in [1.165, 1.54) is 20.0 Å². The third-order valence-corrected chi connectivity index (χ3v) is 5.07. The molecular formula is C12H19N3O5S. The fraction of sp³-hybridized carbons (Fsp3) is 0.500. The van der Waals surface area contributed by atoms with Crippen molar-refractivity contribution in [3.8, 4) is 0 Å². The number of nitrogens with two attached hydrogens (primary N) is 1. The van der Waals surface area contributed by atoms with Crippen LogP contribution in [0.1, 0.15) is 18.9 Å². The number of rotatable bonds is 6. The molecular weight excluding hydrogens is 298 g/mol. The number of nitro groups is 1. The monoisotopic (exact) mass is 317 g/mol. The van der Waals surface area contributed by atoms with Crippen molar-refractivity contribution >= 4 is 21.4 Å². The number of nitrogens with zero attached hydrogens (tertiary/aromatic N) is 2. The van der Waals surface area contributed by atoms with Gasteiger partial charge in [0.1, 0.15) is 5.69 Å². The van der Waals surface area contributed by atoms with Crippen molar-refractivity contribution in [2.45, 2.75) is 31.3 Å². The maximum absolute atomic E-state index is 12.4. The summed E-state index contributed by atoms with van der Waals surface area (Å²) in [5, 5.41) is 20.1. The lowest BCUT2D eigenvalue weighted by Crippen LogP contribution is -2.30. The summed E-state index contributed by atoms with van der Waals surface area (Å²) in [6.45, 7) is 3.19. The molecule has 1 atom stereocenters. The first-order valence-electron chi connectivity index (χ1n) is 6.26. The molecule has 1 rings (SSSR count). The molecule has 0 spiro atoms. The Morgan fingerprint density at radius 3 is 2.52 bits per heavy atom. The topological polar surface area (TPSA) is 127 Å². The predicted octanol–water partition coefficient (Wildman–Crippen LogP) is 0.877. The minimum atomic E-state index is -3.88. The van der Waals surface area contributed by atoms with Gasteiger partial charge in [0.2, 0.25) is 10.0 Å². The zero-order valence-electron chi connectivity index (χ0n) is 12.1. The van der Waals surface area contributed by atoms with Gasteiger partial charge in [0.25, 0.3) is 5.69 Å². The first kappa shape index (κ1) is 17.3. The van der Waals surface area contributed by atoms with E-state index < -0.39 is 26.7 Å². The molecule has 1 unspecified atom stereocenters. The maximum atomic E-state index is 12.4. The molecule has 0 saturated carbocycles. The first-order valence-corrected chi connectivity index (χ1v) is 7.70. The van der Waals surface area contributed by atoms with Gasteiger partial charge in [-0.2, -0.15) is 0 Å². The third-order valence-electron chi connectivity index (χ3n) is 3.07. The Kier molecular flexibility index (Phi) is 5.26. The van der Waals surface area contributed by atoms with Crippen molar-refractivity contribution in [2.24, 2.45) is 0 Å². The van der Waals surface area contributed by atoms with Gasteiger partial charge < -0.3 is 10.8 Å². The van der Waals surface area contributed by atoms with Crippen LogP contribution >= 0.6 is 0 Å². The van der Waals surface area contributed by atoms with Gasteiger partial charge in [0, 0.05) is 19.7 Å². The Hall–Kier alpha value is -1.71. The quantitative estimate of drug-likeness (QED) is 0.455. The minimum absolute atomic E-state index is 0.0805. The van der Waals surface area contributed by atoms with E-state index in [0.717, 1.165) is 10.4 Å². The summed E-state index contributed by atoms with van der Waals surface area (Å²) in [7, 11) is -2.52. The van der Waals surface area contributed by atoms with E-state index >= 15 is 0 Å². The maximum Gasteiger partial charge on any atom is 0.293 e. The van der Waals surface area contributed by atoms with Crippen molar-refractivity contribution in [3.63, 3.8) is 0 Å². The summed E-state index contributed by atoms with van der Waals surface area (Å²) >= 11 is 0. The number of anilines is 1. The van der Waals surface area contributed by atoms with Crippen molar-refractivity contribution in [1.82, 2.24) is 4.31 Å². The van der Waals surface area contributed by atoms with E-state index in [0.29, 0.717) is 5.56 Å². The van der Waals surface area contributed by atoms with Crippen molar-refractivity contribution < 1.29 is 18.4 Å². The Morgan fingerprint density at radius 1 is 1.48 bits per heavy atom. The number of aliphatic hydroxyl groups is 1. The van der Waals surface area contributed by atoms with Crippen LogP contribution in [-0.2, 0) is 10.0 Å². The highest BCUT2D eigenvalue weighted by Gasteiger charge is 2.26. The molecule has 0 aliphatic rings. The average Bonchev–Trinajstić information content (AvgIpc) is 2.34. The Labute approximate surface area is 123 Å². The number of aryl methyl sites for hydroxylation is 1. The summed E-state index contributed by atoms with van der Waals surface area (Å²) in [6.07, 6.45) is -0.365. The highest BCUT2D eigenvalue weighted by molar-refractivity contribution is 7.89. The molecule has 21 heavy (non-hydrogen) atoms. The van der Waals surface area contributed by atoms with E-state index in [4.69, 9.17) is 5.73 Å². The lowest BCUT2D eigenvalue weighted by Gasteiger charge is -2.19. The summed E-state index contributed by atoms with van der Waals surface area (Å²) in [6, 6.07) is 2.24. The highest BCUT2D eigenvalue weighted by atomic mass is 32.2. The minimum Gasteiger partial charge on any atom is -0.393 e. The number of aliphatic hydroxyl groups excluding tert-OH is 1. The van der Waals surface area contributed by atoms with Gasteiger partial charge >= 0.3 is 0 Å². The van der Waals surface area contributed by atoms with Crippen LogP contribution in [0.3, 0.4) is 0 Å². The van der Waals surface area contributed by atoms with Crippen LogP contribution in [-0.4, -0.2) is 42.4 Å². The van der Waals surface area contributed by atoms with Crippen LogP contribution in [0.25, 0.3) is 0 Å². The molecule has 0 aromatic heterocycles. The van der Waals surface area contributed by atoms with Crippen LogP contribution in [0.5, 0.6) is 0 Å². The van der Waals surface area contributed by atoms with Gasteiger partial charge in [-0.05, 0) is 31.9 Å². The van der Waals surface area contributed by atoms with Crippen LogP contribution in [0.15, 0.2) is 17.0 Å². The van der Waals surface area contributed by atoms with Gasteiger partial charge in [-0.3, -0.25) is 10.1 Å². The summed E-state index contributed by atoms with van der Waals surface area (Å²) in [5.74, 6) is 0. The number of benzene rings is 1. The predicted molar refractivity (Wildman–Crippen MR) is 78.4 cm³/mol. The largest absolute Gasteiger partial charge is 0.393 e. The molecule has 0 saturated heterocycles. The second kappa shape index (κ2) is 6.37. The first-order chi connectivity index (χ1) is 9.57. The van der Waals surface area contributed by atoms with Crippen molar-refractivity contribution in [1.29, 1.82) is 0 Å². The van der Waals surface area contributed by atoms with Crippen LogP contribution < -0.4 is 5.73 Å². The molecule has 0 aliphatic heterocycles. The number of hydrogen-bond donors (Lipinski definition) is 2. The number of sulfonamides is 1. The normalized spacial score (nSPS) is 13.4. The molecule has 0 heterocycles. The zero-order chi connectivity index (χ0) is 16.4. The standard InChI is InChI=1S/C12H19N3O5S/c1-8-6-10(13)11(15(17)18)7-12(8)21(19,20)14(3)5-4-9(2)16/h6-7,9,16H,4-5,13H2,1-3H3. The van der Waals surface area contributed by atoms with Crippen molar-refractivity contribution in [3.05, 3.63) is 27.8 Å². The summed E-state index contributed by atoms with van der Waals surface area (Å²) in [5.41, 5.74) is 5.34. The fourth-order valence-corrected chi connectivity index (χ4v) is 3.20. The molecule has 0 amide bonds. The lowest BCUT2D eigenvalue weighted by molar-refractivity contribution is -0.384. The molecule has 0 fully saturated rings. The SMILES string of the molecule is Cc1cc(N)c([N+](=O)[O-])cc1S(=O)(=O)N(C)CCC(C)O. The molecule has 118 valence electrons. The molecule has 0 bridgehead atoms. The van der Waals surface area contributed by atoms with E-state index in [9.17, 15) is 23.6 Å². The Morgan fingerprint density at radius 2 is 2.05 bits per heavy atom. The van der Waals surface area contributed by atoms with Gasteiger partial charge in [-0.15, -0.1) is 0 Å². The van der Waals surface area contributed by atoms with E-state index in [-0.39, 0.29) is 23.5 Å². The van der Waals surface area contributed by atoms with Crippen LogP contribution in [0.2, 0.25) is 0 Å². The van der Waals surface area contributed by atoms with E-state index in [1.54, 1.807) is 6.92 Å². The highest BCUT2D eigenvalue weighted by Crippen LogP contribution is 2.29. The number of hydrogen-bond acceptors (Lipinski definition) is 6. The smallest absolute Gasteiger partial charge is 0.293 e. The molecule has 0 aliphatic carbocycles. The zero-order valence-corrected chi connectivity index (χ0v) is 12.9. The van der Waals surface area contributed by atoms with Gasteiger partial charge in [-0.1, -0.05) is 0 Å². The fourth-order valence-electron chi connectivity index (χ4n) is 1.79. The molecule has 9 heteroatoms. The van der Waals surface area contributed by atoms with Crippen molar-refractivity contribution in [2.75, 3.05) is 19.3 Å². The second-order valence-corrected chi connectivity index (χ2v) is 6.91. The molecule has 3 N–H and O–H groups in total. The van der Waals surface area contributed by atoms with Gasteiger partial charge in [0.15, 0.2) is 0 Å². The van der Waals surface area contributed by atoms with Crippen LogP contribution in [0, 0.1) is 17.0 Å². The Bertz CT molecular complexity index is 643. The summed E-state index contributed by atoms with van der Waals surface area (Å²) in [4.78, 5) is 10.0. The third kappa shape index (κ3) is 3.90. The van der Waals surface area contributed by atoms with E-state index in [2.05, 4.69) is 0 Å². The Balaban J connectivity index is 3.25. The molecule has 1 aromatic rings. The van der Waals surface area contributed by atoms with Gasteiger partial charge in [0.05, 0.1) is 15.9 Å². The molecule has 1 aromatic carbocycles. The lowest BCUT2D eigenvalue weighted by atomic mass is 10.2. The summed E-state index contributed by atoms with van der Waals surface area (Å²) < 4.78 is 25.9. The second-order valence-electron chi connectivity index (χ2n) is 4.90. The molecule has 8 nitrogen and oxygen atoms in total.